The molecule has 1 N–H and O–H groups in total. The second kappa shape index (κ2) is 8.03. The zero-order chi connectivity index (χ0) is 22.3. The summed E-state index contributed by atoms with van der Waals surface area (Å²) < 4.78 is 47.2. The molecule has 1 amide bonds. The summed E-state index contributed by atoms with van der Waals surface area (Å²) in [7, 11) is 0. The normalized spacial score (nSPS) is 19.1. The summed E-state index contributed by atoms with van der Waals surface area (Å²) in [5, 5.41) is 14.3. The minimum absolute atomic E-state index is 0.0489. The van der Waals surface area contributed by atoms with Crippen molar-refractivity contribution in [1.29, 1.82) is 0 Å². The summed E-state index contributed by atoms with van der Waals surface area (Å²) in [6.45, 7) is 4.77. The number of ether oxygens (including phenoxy) is 1. The molecule has 0 radical (unpaired) electrons. The van der Waals surface area contributed by atoms with Gasteiger partial charge >= 0.3 is 6.18 Å². The summed E-state index contributed by atoms with van der Waals surface area (Å²) in [6, 6.07) is 10.2. The summed E-state index contributed by atoms with van der Waals surface area (Å²) >= 11 is 3.25. The van der Waals surface area contributed by atoms with Gasteiger partial charge in [0.1, 0.15) is 5.75 Å². The van der Waals surface area contributed by atoms with Crippen LogP contribution < -0.4 is 4.74 Å². The zero-order valence-electron chi connectivity index (χ0n) is 16.5. The van der Waals surface area contributed by atoms with Gasteiger partial charge in [0.2, 0.25) is 0 Å². The van der Waals surface area contributed by atoms with E-state index in [1.165, 1.54) is 0 Å². The van der Waals surface area contributed by atoms with E-state index in [4.69, 9.17) is 4.74 Å². The molecular formula is C21H20BrF3N2O3. The van der Waals surface area contributed by atoms with E-state index in [9.17, 15) is 23.1 Å². The van der Waals surface area contributed by atoms with E-state index in [0.717, 1.165) is 16.7 Å². The van der Waals surface area contributed by atoms with Crippen molar-refractivity contribution in [3.63, 3.8) is 0 Å². The van der Waals surface area contributed by atoms with Crippen LogP contribution in [0.3, 0.4) is 0 Å². The first-order valence-corrected chi connectivity index (χ1v) is 9.88. The number of rotatable bonds is 4. The Labute approximate surface area is 180 Å². The van der Waals surface area contributed by atoms with Crippen molar-refractivity contribution in [3.8, 4) is 5.75 Å². The molecule has 0 spiro atoms. The third-order valence-corrected chi connectivity index (χ3v) is 5.27. The number of amides is 1. The van der Waals surface area contributed by atoms with Gasteiger partial charge in [-0.2, -0.15) is 23.3 Å². The maximum absolute atomic E-state index is 13.7. The van der Waals surface area contributed by atoms with E-state index >= 15 is 0 Å². The molecule has 0 bridgehead atoms. The summed E-state index contributed by atoms with van der Waals surface area (Å²) in [6.07, 6.45) is -5.98. The molecule has 1 unspecified atom stereocenters. The van der Waals surface area contributed by atoms with Crippen molar-refractivity contribution in [2.24, 2.45) is 5.10 Å². The number of carbonyl (C=O) groups is 1. The maximum Gasteiger partial charge on any atom is 0.438 e. The topological polar surface area (TPSA) is 62.1 Å². The Hall–Kier alpha value is -2.39. The lowest BCUT2D eigenvalue weighted by atomic mass is 10.0. The molecule has 5 nitrogen and oxygen atoms in total. The fraction of sp³-hybridized carbons (Fsp3) is 0.333. The first-order valence-electron chi connectivity index (χ1n) is 9.08. The van der Waals surface area contributed by atoms with Gasteiger partial charge in [-0.1, -0.05) is 45.8 Å². The molecule has 1 heterocycles. The minimum atomic E-state index is -5.10. The van der Waals surface area contributed by atoms with E-state index in [-0.39, 0.29) is 10.7 Å². The van der Waals surface area contributed by atoms with Gasteiger partial charge in [0, 0.05) is 4.47 Å². The highest BCUT2D eigenvalue weighted by atomic mass is 79.9. The van der Waals surface area contributed by atoms with Crippen LogP contribution in [0.4, 0.5) is 13.2 Å². The SMILES string of the molecule is Cc1cc(C)c(OCC(=O)N2N=C(c3cccc(Br)c3)CC2(O)C(F)(F)F)c(C)c1. The highest BCUT2D eigenvalue weighted by Crippen LogP contribution is 2.41. The molecule has 1 atom stereocenters. The molecule has 3 rings (SSSR count). The average Bonchev–Trinajstić information content (AvgIpc) is 3.00. The van der Waals surface area contributed by atoms with E-state index in [2.05, 4.69) is 21.0 Å². The molecule has 0 aliphatic carbocycles. The van der Waals surface area contributed by atoms with E-state index in [1.54, 1.807) is 38.1 Å². The standard InChI is InChI=1S/C21H20BrF3N2O3/c1-12-7-13(2)19(14(3)8-12)30-11-18(28)27-20(29,21(23,24)25)10-17(26-27)15-5-4-6-16(22)9-15/h4-9,29H,10-11H2,1-3H3. The second-order valence-electron chi connectivity index (χ2n) is 7.27. The van der Waals surface area contributed by atoms with Crippen LogP contribution in [0, 0.1) is 20.8 Å². The van der Waals surface area contributed by atoms with Crippen LogP contribution in [0.15, 0.2) is 46.0 Å². The number of hydrazone groups is 1. The first-order chi connectivity index (χ1) is 13.9. The zero-order valence-corrected chi connectivity index (χ0v) is 18.1. The monoisotopic (exact) mass is 484 g/mol. The third kappa shape index (κ3) is 4.22. The first kappa shape index (κ1) is 22.3. The molecule has 0 fully saturated rings. The molecule has 1 aliphatic heterocycles. The van der Waals surface area contributed by atoms with Crippen molar-refractivity contribution >= 4 is 27.5 Å². The lowest BCUT2D eigenvalue weighted by Gasteiger charge is -2.32. The quantitative estimate of drug-likeness (QED) is 0.687. The van der Waals surface area contributed by atoms with Crippen LogP contribution in [0.1, 0.15) is 28.7 Å². The van der Waals surface area contributed by atoms with Gasteiger partial charge in [0.15, 0.2) is 6.61 Å². The van der Waals surface area contributed by atoms with Gasteiger partial charge < -0.3 is 9.84 Å². The number of benzene rings is 2. The molecule has 0 saturated carbocycles. The van der Waals surface area contributed by atoms with Crippen molar-refractivity contribution < 1.29 is 27.8 Å². The third-order valence-electron chi connectivity index (χ3n) is 4.78. The number of nitrogens with zero attached hydrogens (tertiary/aromatic N) is 2. The Bertz CT molecular complexity index is 1000. The van der Waals surface area contributed by atoms with Crippen molar-refractivity contribution in [2.75, 3.05) is 6.61 Å². The van der Waals surface area contributed by atoms with Gasteiger partial charge in [0.05, 0.1) is 12.1 Å². The molecule has 1 aliphatic rings. The van der Waals surface area contributed by atoms with Crippen molar-refractivity contribution in [1.82, 2.24) is 5.01 Å². The molecular weight excluding hydrogens is 465 g/mol. The summed E-state index contributed by atoms with van der Waals surface area (Å²) in [5.74, 6) is -0.681. The Morgan fingerprint density at radius 3 is 2.43 bits per heavy atom. The lowest BCUT2D eigenvalue weighted by molar-refractivity contribution is -0.302. The number of halogens is 4. The summed E-state index contributed by atoms with van der Waals surface area (Å²) in [4.78, 5) is 12.6. The van der Waals surface area contributed by atoms with Gasteiger partial charge in [-0.3, -0.25) is 4.79 Å². The minimum Gasteiger partial charge on any atom is -0.483 e. The Morgan fingerprint density at radius 1 is 1.23 bits per heavy atom. The fourth-order valence-corrected chi connectivity index (χ4v) is 3.85. The Kier molecular flexibility index (Phi) is 5.97. The van der Waals surface area contributed by atoms with Gasteiger partial charge in [0.25, 0.3) is 11.6 Å². The van der Waals surface area contributed by atoms with E-state index < -0.39 is 30.8 Å². The van der Waals surface area contributed by atoms with Gasteiger partial charge in [-0.05, 0) is 49.6 Å². The van der Waals surface area contributed by atoms with Crippen LogP contribution >= 0.6 is 15.9 Å². The van der Waals surface area contributed by atoms with Gasteiger partial charge in [-0.25, -0.2) is 0 Å². The predicted molar refractivity (Wildman–Crippen MR) is 109 cm³/mol. The number of carbonyl (C=O) groups excluding carboxylic acids is 1. The van der Waals surface area contributed by atoms with Crippen molar-refractivity contribution in [2.45, 2.75) is 39.1 Å². The maximum atomic E-state index is 13.7. The Balaban J connectivity index is 1.89. The fourth-order valence-electron chi connectivity index (χ4n) is 3.45. The molecule has 9 heteroatoms. The van der Waals surface area contributed by atoms with Crippen LogP contribution in [0.5, 0.6) is 5.75 Å². The van der Waals surface area contributed by atoms with Crippen LogP contribution in [-0.4, -0.2) is 40.2 Å². The van der Waals surface area contributed by atoms with E-state index in [0.29, 0.717) is 15.8 Å². The molecule has 0 aromatic heterocycles. The average molecular weight is 485 g/mol. The number of hydrogen-bond donors (Lipinski definition) is 1. The smallest absolute Gasteiger partial charge is 0.438 e. The second-order valence-corrected chi connectivity index (χ2v) is 8.19. The molecule has 30 heavy (non-hydrogen) atoms. The van der Waals surface area contributed by atoms with Gasteiger partial charge in [-0.15, -0.1) is 0 Å². The van der Waals surface area contributed by atoms with E-state index in [1.807, 2.05) is 19.1 Å². The molecule has 2 aromatic carbocycles. The van der Waals surface area contributed by atoms with Crippen LogP contribution in [0.25, 0.3) is 0 Å². The molecule has 0 saturated heterocycles. The number of alkyl halides is 3. The number of hydrogen-bond acceptors (Lipinski definition) is 4. The number of aryl methyl sites for hydroxylation is 3. The van der Waals surface area contributed by atoms with Crippen LogP contribution in [-0.2, 0) is 4.79 Å². The highest BCUT2D eigenvalue weighted by Gasteiger charge is 2.63. The number of aliphatic hydroxyl groups is 1. The summed E-state index contributed by atoms with van der Waals surface area (Å²) in [5.41, 5.74) is -0.613. The molecule has 2 aromatic rings. The predicted octanol–water partition coefficient (Wildman–Crippen LogP) is 4.64. The van der Waals surface area contributed by atoms with Crippen LogP contribution in [0.2, 0.25) is 0 Å². The molecule has 160 valence electrons. The largest absolute Gasteiger partial charge is 0.483 e. The van der Waals surface area contributed by atoms with Crippen molar-refractivity contribution in [3.05, 3.63) is 63.1 Å². The Morgan fingerprint density at radius 2 is 1.87 bits per heavy atom. The lowest BCUT2D eigenvalue weighted by Crippen LogP contribution is -2.57. The highest BCUT2D eigenvalue weighted by molar-refractivity contribution is 9.10.